The number of hydrogen-bond donors (Lipinski definition) is 1. The second-order valence-electron chi connectivity index (χ2n) is 5.67. The summed E-state index contributed by atoms with van der Waals surface area (Å²) in [6, 6.07) is 6.62. The van der Waals surface area contributed by atoms with Gasteiger partial charge in [-0.25, -0.2) is 4.39 Å². The Morgan fingerprint density at radius 1 is 1.38 bits per heavy atom. The molecule has 1 N–H and O–H groups in total. The molecular weight excluding hydrogens is 269 g/mol. The number of nitrogens with one attached hydrogen (secondary N) is 1. The zero-order chi connectivity index (χ0) is 14.7. The van der Waals surface area contributed by atoms with Crippen LogP contribution in [0.5, 0.6) is 0 Å². The van der Waals surface area contributed by atoms with Crippen molar-refractivity contribution in [2.24, 2.45) is 5.92 Å². The van der Waals surface area contributed by atoms with Crippen LogP contribution in [0.15, 0.2) is 28.8 Å². The maximum absolute atomic E-state index is 13.2. The van der Waals surface area contributed by atoms with Gasteiger partial charge in [-0.05, 0) is 37.9 Å². The molecule has 0 saturated heterocycles. The minimum Gasteiger partial charge on any atom is -0.339 e. The van der Waals surface area contributed by atoms with E-state index >= 15 is 0 Å². The molecule has 21 heavy (non-hydrogen) atoms. The quantitative estimate of drug-likeness (QED) is 0.918. The van der Waals surface area contributed by atoms with E-state index in [2.05, 4.69) is 15.5 Å². The smallest absolute Gasteiger partial charge is 0.228 e. The summed E-state index contributed by atoms with van der Waals surface area (Å²) in [6.45, 7) is 0. The van der Waals surface area contributed by atoms with E-state index in [1.807, 2.05) is 7.05 Å². The summed E-state index contributed by atoms with van der Waals surface area (Å²) in [6.07, 6.45) is 5.86. The van der Waals surface area contributed by atoms with Crippen LogP contribution in [0, 0.1) is 11.7 Å². The van der Waals surface area contributed by atoms with Gasteiger partial charge >= 0.3 is 0 Å². The molecule has 1 aliphatic carbocycles. The Balaban J connectivity index is 1.72. The van der Waals surface area contributed by atoms with E-state index < -0.39 is 0 Å². The number of hydrogen-bond acceptors (Lipinski definition) is 4. The molecule has 0 bridgehead atoms. The largest absolute Gasteiger partial charge is 0.339 e. The highest BCUT2D eigenvalue weighted by atomic mass is 19.1. The molecule has 1 aliphatic rings. The summed E-state index contributed by atoms with van der Waals surface area (Å²) < 4.78 is 18.6. The van der Waals surface area contributed by atoms with Crippen molar-refractivity contribution in [1.82, 2.24) is 15.5 Å². The first kappa shape index (κ1) is 14.2. The van der Waals surface area contributed by atoms with Crippen LogP contribution >= 0.6 is 0 Å². The monoisotopic (exact) mass is 289 g/mol. The van der Waals surface area contributed by atoms with Crippen molar-refractivity contribution in [3.63, 3.8) is 0 Å². The molecule has 112 valence electrons. The second-order valence-corrected chi connectivity index (χ2v) is 5.67. The minimum absolute atomic E-state index is 0.294. The standard InChI is InChI=1S/C16H20FN3O/c1-18-14(11-5-2-3-6-11)10-15-19-16(20-21-15)12-7-4-8-13(17)9-12/h4,7-9,11,14,18H,2-3,5-6,10H2,1H3. The van der Waals surface area contributed by atoms with E-state index in [9.17, 15) is 4.39 Å². The Labute approximate surface area is 123 Å². The molecule has 1 fully saturated rings. The van der Waals surface area contributed by atoms with Gasteiger partial charge in [-0.2, -0.15) is 4.98 Å². The molecule has 1 aromatic heterocycles. The molecule has 1 saturated carbocycles. The number of benzene rings is 1. The van der Waals surface area contributed by atoms with E-state index in [-0.39, 0.29) is 5.82 Å². The van der Waals surface area contributed by atoms with Crippen LogP contribution < -0.4 is 5.32 Å². The highest BCUT2D eigenvalue weighted by molar-refractivity contribution is 5.53. The van der Waals surface area contributed by atoms with Crippen molar-refractivity contribution in [2.45, 2.75) is 38.1 Å². The fourth-order valence-corrected chi connectivity index (χ4v) is 3.13. The molecule has 1 aromatic carbocycles. The van der Waals surface area contributed by atoms with E-state index in [1.165, 1.54) is 37.8 Å². The van der Waals surface area contributed by atoms with E-state index in [4.69, 9.17) is 4.52 Å². The van der Waals surface area contributed by atoms with Crippen LogP contribution in [0.4, 0.5) is 4.39 Å². The molecule has 3 rings (SSSR count). The molecule has 0 aliphatic heterocycles. The zero-order valence-electron chi connectivity index (χ0n) is 12.2. The molecule has 5 heteroatoms. The van der Waals surface area contributed by atoms with Gasteiger partial charge in [-0.15, -0.1) is 0 Å². The number of aromatic nitrogens is 2. The van der Waals surface area contributed by atoms with Gasteiger partial charge in [-0.1, -0.05) is 30.1 Å². The zero-order valence-corrected chi connectivity index (χ0v) is 12.2. The van der Waals surface area contributed by atoms with Crippen LogP contribution in [0.2, 0.25) is 0 Å². The number of halogens is 1. The van der Waals surface area contributed by atoms with Gasteiger partial charge in [0.25, 0.3) is 0 Å². The Morgan fingerprint density at radius 3 is 2.90 bits per heavy atom. The highest BCUT2D eigenvalue weighted by Gasteiger charge is 2.25. The number of likely N-dealkylation sites (N-methyl/N-ethyl adjacent to an activating group) is 1. The molecule has 1 atom stereocenters. The first-order valence-corrected chi connectivity index (χ1v) is 7.52. The van der Waals surface area contributed by atoms with Crippen LogP contribution in [-0.2, 0) is 6.42 Å². The molecule has 0 radical (unpaired) electrons. The lowest BCUT2D eigenvalue weighted by atomic mass is 9.95. The predicted octanol–water partition coefficient (Wildman–Crippen LogP) is 3.20. The number of rotatable bonds is 5. The van der Waals surface area contributed by atoms with Gasteiger partial charge in [0.05, 0.1) is 0 Å². The fourth-order valence-electron chi connectivity index (χ4n) is 3.13. The molecule has 4 nitrogen and oxygen atoms in total. The molecular formula is C16H20FN3O. The Kier molecular flexibility index (Phi) is 4.29. The lowest BCUT2D eigenvalue weighted by Gasteiger charge is -2.20. The van der Waals surface area contributed by atoms with Crippen molar-refractivity contribution < 1.29 is 8.91 Å². The summed E-state index contributed by atoms with van der Waals surface area (Å²) in [5.74, 6) is 1.45. The summed E-state index contributed by atoms with van der Waals surface area (Å²) in [7, 11) is 1.98. The third-order valence-corrected chi connectivity index (χ3v) is 4.29. The Morgan fingerprint density at radius 2 is 2.19 bits per heavy atom. The molecule has 2 aromatic rings. The van der Waals surface area contributed by atoms with Gasteiger partial charge in [0.2, 0.25) is 11.7 Å². The molecule has 1 heterocycles. The summed E-state index contributed by atoms with van der Waals surface area (Å²) in [5.41, 5.74) is 0.645. The first-order chi connectivity index (χ1) is 10.3. The summed E-state index contributed by atoms with van der Waals surface area (Å²) in [5, 5.41) is 7.32. The topological polar surface area (TPSA) is 51.0 Å². The van der Waals surface area contributed by atoms with E-state index in [1.54, 1.807) is 12.1 Å². The van der Waals surface area contributed by atoms with Crippen molar-refractivity contribution in [3.05, 3.63) is 36.0 Å². The Hall–Kier alpha value is -1.75. The van der Waals surface area contributed by atoms with Gasteiger partial charge in [-0.3, -0.25) is 0 Å². The predicted molar refractivity (Wildman–Crippen MR) is 78.2 cm³/mol. The van der Waals surface area contributed by atoms with E-state index in [0.29, 0.717) is 29.2 Å². The van der Waals surface area contributed by atoms with Crippen LogP contribution in [0.3, 0.4) is 0 Å². The molecule has 0 amide bonds. The van der Waals surface area contributed by atoms with Gasteiger partial charge in [0.1, 0.15) is 5.82 Å². The van der Waals surface area contributed by atoms with Crippen LogP contribution in [-0.4, -0.2) is 23.2 Å². The lowest BCUT2D eigenvalue weighted by molar-refractivity contribution is 0.318. The van der Waals surface area contributed by atoms with Crippen molar-refractivity contribution >= 4 is 0 Å². The first-order valence-electron chi connectivity index (χ1n) is 7.52. The van der Waals surface area contributed by atoms with Crippen LogP contribution in [0.25, 0.3) is 11.4 Å². The van der Waals surface area contributed by atoms with Crippen molar-refractivity contribution in [3.8, 4) is 11.4 Å². The fraction of sp³-hybridized carbons (Fsp3) is 0.500. The average molecular weight is 289 g/mol. The van der Waals surface area contributed by atoms with Gasteiger partial charge in [0, 0.05) is 18.0 Å². The van der Waals surface area contributed by atoms with Crippen molar-refractivity contribution in [2.75, 3.05) is 7.05 Å². The van der Waals surface area contributed by atoms with Gasteiger partial charge in [0.15, 0.2) is 0 Å². The van der Waals surface area contributed by atoms with Gasteiger partial charge < -0.3 is 9.84 Å². The third-order valence-electron chi connectivity index (χ3n) is 4.29. The SMILES string of the molecule is CNC(Cc1nc(-c2cccc(F)c2)no1)C1CCCC1. The Bertz CT molecular complexity index is 593. The summed E-state index contributed by atoms with van der Waals surface area (Å²) in [4.78, 5) is 4.40. The number of nitrogens with zero attached hydrogens (tertiary/aromatic N) is 2. The maximum atomic E-state index is 13.2. The summed E-state index contributed by atoms with van der Waals surface area (Å²) >= 11 is 0. The normalized spacial score (nSPS) is 17.2. The third kappa shape index (κ3) is 3.29. The van der Waals surface area contributed by atoms with Crippen LogP contribution in [0.1, 0.15) is 31.6 Å². The average Bonchev–Trinajstić information content (AvgIpc) is 3.16. The molecule has 0 spiro atoms. The molecule has 1 unspecified atom stereocenters. The maximum Gasteiger partial charge on any atom is 0.228 e. The highest BCUT2D eigenvalue weighted by Crippen LogP contribution is 2.29. The van der Waals surface area contributed by atoms with Crippen molar-refractivity contribution in [1.29, 1.82) is 0 Å². The second kappa shape index (κ2) is 6.35. The minimum atomic E-state index is -0.294. The van der Waals surface area contributed by atoms with E-state index in [0.717, 1.165) is 6.42 Å². The lowest BCUT2D eigenvalue weighted by Crippen LogP contribution is -2.34.